The molecule has 0 fully saturated rings. The first-order valence-corrected chi connectivity index (χ1v) is 10.4. The molecule has 2 aromatic carbocycles. The van der Waals surface area contributed by atoms with Crippen LogP contribution in [0.4, 0.5) is 0 Å². The Labute approximate surface area is 198 Å². The van der Waals surface area contributed by atoms with Crippen LogP contribution in [0, 0.1) is 18.8 Å². The van der Waals surface area contributed by atoms with Crippen LogP contribution in [0.25, 0.3) is 0 Å². The number of unbranched alkanes of at least 4 members (excludes halogenated alkanes) is 5. The molecule has 0 saturated carbocycles. The van der Waals surface area contributed by atoms with Gasteiger partial charge in [0.15, 0.2) is 0 Å². The summed E-state index contributed by atoms with van der Waals surface area (Å²) in [6.07, 6.45) is 7.98. The molecule has 0 atom stereocenters. The Bertz CT molecular complexity index is 608. The van der Waals surface area contributed by atoms with E-state index >= 15 is 0 Å². The van der Waals surface area contributed by atoms with Crippen LogP contribution in [-0.4, -0.2) is 4.89 Å². The average molecular weight is 518 g/mol. The van der Waals surface area contributed by atoms with Gasteiger partial charge >= 0.3 is 24.9 Å². The van der Waals surface area contributed by atoms with Crippen LogP contribution < -0.4 is 9.05 Å². The molecule has 0 aliphatic rings. The fourth-order valence-corrected chi connectivity index (χ4v) is 2.84. The van der Waals surface area contributed by atoms with Crippen LogP contribution in [0.2, 0.25) is 0 Å². The van der Waals surface area contributed by atoms with Crippen LogP contribution >= 0.6 is 7.82 Å². The Morgan fingerprint density at radius 2 is 1.28 bits per heavy atom. The molecule has 8 heteroatoms. The van der Waals surface area contributed by atoms with Gasteiger partial charge in [-0.3, -0.25) is 4.89 Å². The van der Waals surface area contributed by atoms with Gasteiger partial charge in [-0.1, -0.05) is 75.4 Å². The molecule has 0 bridgehead atoms. The summed E-state index contributed by atoms with van der Waals surface area (Å²) >= 11 is 0. The fraction of sp³-hybridized carbons (Fsp3) is 0.333. The Balaban J connectivity index is -0.000000486. The summed E-state index contributed by atoms with van der Waals surface area (Å²) in [7, 11) is -4.14. The molecule has 0 aromatic heterocycles. The predicted molar refractivity (Wildman–Crippen MR) is 108 cm³/mol. The molecule has 29 heavy (non-hydrogen) atoms. The second kappa shape index (κ2) is 21.6. The molecular weight excluding hydrogens is 490 g/mol. The van der Waals surface area contributed by atoms with Gasteiger partial charge < -0.3 is 27.8 Å². The van der Waals surface area contributed by atoms with Gasteiger partial charge in [-0.2, -0.15) is 6.42 Å². The molecule has 0 spiro atoms. The first-order chi connectivity index (χ1) is 13.1. The van der Waals surface area contributed by atoms with Crippen molar-refractivity contribution >= 4 is 7.82 Å². The molecule has 0 aliphatic carbocycles. The summed E-state index contributed by atoms with van der Waals surface area (Å²) in [6, 6.07) is 16.7. The van der Waals surface area contributed by atoms with E-state index in [4.69, 9.17) is 20.9 Å². The first kappa shape index (κ1) is 32.5. The minimum Gasteiger partial charge on any atom is -0.512 e. The number of hydrogen-bond donors (Lipinski definition) is 1. The monoisotopic (exact) mass is 516 g/mol. The van der Waals surface area contributed by atoms with Crippen molar-refractivity contribution in [1.82, 2.24) is 0 Å². The van der Waals surface area contributed by atoms with Crippen molar-refractivity contribution in [1.29, 1.82) is 5.26 Å². The topological polar surface area (TPSA) is 79.6 Å². The second-order valence-electron chi connectivity index (χ2n) is 5.55. The summed E-state index contributed by atoms with van der Waals surface area (Å²) < 4.78 is 21.5. The predicted octanol–water partition coefficient (Wildman–Crippen LogP) is 6.52. The van der Waals surface area contributed by atoms with Crippen molar-refractivity contribution in [3.05, 3.63) is 74.2 Å². The van der Waals surface area contributed by atoms with Gasteiger partial charge in [0.2, 0.25) is 0 Å². The number of para-hydroxylation sites is 2. The largest absolute Gasteiger partial charge is 2.00 e. The Hall–Kier alpha value is -1.14. The van der Waals surface area contributed by atoms with Crippen LogP contribution in [-0.2, 0) is 41.1 Å². The van der Waals surface area contributed by atoms with Crippen LogP contribution in [0.15, 0.2) is 60.7 Å². The summed E-state index contributed by atoms with van der Waals surface area (Å²) in [6.45, 7) is 10.8. The van der Waals surface area contributed by atoms with Gasteiger partial charge in [0.25, 0.3) is 0 Å². The fourth-order valence-electron chi connectivity index (χ4n) is 2.03. The smallest absolute Gasteiger partial charge is 0.512 e. The zero-order chi connectivity index (χ0) is 20.4. The van der Waals surface area contributed by atoms with Crippen molar-refractivity contribution in [3.63, 3.8) is 0 Å². The molecule has 0 amide bonds. The van der Waals surface area contributed by atoms with E-state index in [2.05, 4.69) is 13.8 Å². The summed E-state index contributed by atoms with van der Waals surface area (Å²) in [5, 5.41) is 6.25. The van der Waals surface area contributed by atoms with E-state index in [1.165, 1.54) is 32.1 Å². The molecular formula is C21H28CuNO4PZn. The Kier molecular flexibility index (Phi) is 24.2. The van der Waals surface area contributed by atoms with E-state index in [-0.39, 0.29) is 48.0 Å². The van der Waals surface area contributed by atoms with Crippen molar-refractivity contribution in [2.24, 2.45) is 0 Å². The zero-order valence-electron chi connectivity index (χ0n) is 16.8. The van der Waals surface area contributed by atoms with Crippen LogP contribution in [0.3, 0.4) is 0 Å². The minimum atomic E-state index is -4.14. The van der Waals surface area contributed by atoms with E-state index in [1.807, 2.05) is 0 Å². The molecule has 5 nitrogen and oxygen atoms in total. The van der Waals surface area contributed by atoms with Gasteiger partial charge in [-0.05, 0) is 24.3 Å². The molecule has 0 heterocycles. The molecule has 159 valence electrons. The van der Waals surface area contributed by atoms with Gasteiger partial charge in [-0.15, -0.1) is 0 Å². The third-order valence-electron chi connectivity index (χ3n) is 3.28. The number of phosphoric acid groups is 1. The van der Waals surface area contributed by atoms with E-state index in [0.717, 1.165) is 6.42 Å². The van der Waals surface area contributed by atoms with Gasteiger partial charge in [0.1, 0.15) is 11.5 Å². The van der Waals surface area contributed by atoms with Gasteiger partial charge in [0.05, 0.1) is 0 Å². The van der Waals surface area contributed by atoms with Crippen molar-refractivity contribution in [2.75, 3.05) is 0 Å². The maximum atomic E-state index is 11.7. The van der Waals surface area contributed by atoms with Crippen molar-refractivity contribution in [3.8, 4) is 11.5 Å². The Morgan fingerprint density at radius 3 is 1.62 bits per heavy atom. The summed E-state index contributed by atoms with van der Waals surface area (Å²) in [5.41, 5.74) is 0. The van der Waals surface area contributed by atoms with Crippen molar-refractivity contribution < 1.29 is 55.1 Å². The van der Waals surface area contributed by atoms with E-state index < -0.39 is 7.82 Å². The van der Waals surface area contributed by atoms with Crippen LogP contribution in [0.1, 0.15) is 45.4 Å². The number of benzene rings is 2. The quantitative estimate of drug-likeness (QED) is 0.177. The molecule has 0 saturated heterocycles. The van der Waals surface area contributed by atoms with E-state index in [0.29, 0.717) is 0 Å². The van der Waals surface area contributed by atoms with E-state index in [1.54, 1.807) is 60.7 Å². The normalized spacial score (nSPS) is 9.14. The SMILES string of the molecule is O=P(O)(Oc1ccccc1)Oc1ccccc1.[C-]#N.[CH2-]CCCCCCC.[Cu+2].[Zn]. The molecule has 1 radical (unpaired) electrons. The van der Waals surface area contributed by atoms with Gasteiger partial charge in [-0.25, -0.2) is 4.57 Å². The van der Waals surface area contributed by atoms with Gasteiger partial charge in [0, 0.05) is 19.5 Å². The van der Waals surface area contributed by atoms with Crippen molar-refractivity contribution in [2.45, 2.75) is 45.4 Å². The average Bonchev–Trinajstić information content (AvgIpc) is 2.68. The number of nitrogens with zero attached hydrogens (tertiary/aromatic N) is 1. The molecule has 2 aromatic rings. The number of rotatable bonds is 9. The molecule has 1 N–H and O–H groups in total. The maximum absolute atomic E-state index is 11.7. The minimum absolute atomic E-state index is 0. The third-order valence-corrected chi connectivity index (χ3v) is 4.16. The maximum Gasteiger partial charge on any atom is 2.00 e. The standard InChI is InChI=1S/C12H11O4P.C8H17.CN.Cu.Zn/c13-17(14,15-11-7-3-1-4-8-11)16-12-9-5-2-6-10-12;1-3-5-7-8-6-4-2;1-2;;/h1-10H,(H,13,14);1,3-8H2,2H3;;;/q;2*-1;+2;. The molecule has 0 aliphatic heterocycles. The third kappa shape index (κ3) is 18.6. The number of hydrogen-bond acceptors (Lipinski definition) is 4. The van der Waals surface area contributed by atoms with Crippen LogP contribution in [0.5, 0.6) is 11.5 Å². The second-order valence-corrected chi connectivity index (χ2v) is 6.85. The first-order valence-electron chi connectivity index (χ1n) is 8.91. The zero-order valence-corrected chi connectivity index (χ0v) is 21.6. The molecule has 2 rings (SSSR count). The molecule has 0 unspecified atom stereocenters. The summed E-state index contributed by atoms with van der Waals surface area (Å²) in [4.78, 5) is 9.53. The number of phosphoric ester groups is 1. The van der Waals surface area contributed by atoms with E-state index in [9.17, 15) is 9.46 Å². The summed E-state index contributed by atoms with van der Waals surface area (Å²) in [5.74, 6) is 0.573. The Morgan fingerprint density at radius 1 is 0.897 bits per heavy atom.